The average Bonchev–Trinajstić information content (AvgIpc) is 2.41. The van der Waals surface area contributed by atoms with Gasteiger partial charge in [0.05, 0.1) is 4.11 Å². The fourth-order valence-electron chi connectivity index (χ4n) is 0.886. The number of nitrogens with zero attached hydrogens (tertiary/aromatic N) is 2. The van der Waals surface area contributed by atoms with Gasteiger partial charge in [0.2, 0.25) is 5.65 Å². The van der Waals surface area contributed by atoms with Gasteiger partial charge in [0.15, 0.2) is 0 Å². The monoisotopic (exact) mass is 152 g/mol. The summed E-state index contributed by atoms with van der Waals surface area (Å²) in [6.45, 7) is 1.56. The molecule has 0 aliphatic carbocycles. The van der Waals surface area contributed by atoms with Crippen LogP contribution in [-0.2, 0) is 0 Å². The molecular formula is C7H7N3O. The maximum Gasteiger partial charge on any atom is 0.291 e. The van der Waals surface area contributed by atoms with Crippen LogP contribution in [0.2, 0.25) is 0 Å². The molecule has 11 heavy (non-hydrogen) atoms. The minimum Gasteiger partial charge on any atom is -0.322 e. The number of hydrogen-bond acceptors (Lipinski definition) is 2. The molecule has 0 radical (unpaired) electrons. The summed E-state index contributed by atoms with van der Waals surface area (Å²) in [6, 6.07) is 0. The summed E-state index contributed by atoms with van der Waals surface area (Å²) in [5.74, 6) is 0. The zero-order valence-electron chi connectivity index (χ0n) is 8.80. The highest BCUT2D eigenvalue weighted by Gasteiger charge is 1.97. The first-order chi connectivity index (χ1) is 6.52. The number of fused-ring (bicyclic) bond motifs is 1. The molecule has 0 unspecified atom stereocenters. The van der Waals surface area contributed by atoms with Crippen molar-refractivity contribution in [3.63, 3.8) is 0 Å². The Labute approximate surface area is 66.7 Å². The molecule has 0 fully saturated rings. The standard InChI is InChI=1S/C7H7N3O/c1-5-4-10-3-2-8-6(10)7(11)9-5/h2-4H,1H3,(H,9,11)/i2D,3D,4D. The van der Waals surface area contributed by atoms with E-state index in [-0.39, 0.29) is 24.2 Å². The van der Waals surface area contributed by atoms with Crippen molar-refractivity contribution in [2.24, 2.45) is 0 Å². The molecule has 1 N–H and O–H groups in total. The van der Waals surface area contributed by atoms with Crippen LogP contribution in [0.3, 0.4) is 0 Å². The first-order valence-corrected chi connectivity index (χ1v) is 3.07. The van der Waals surface area contributed by atoms with Gasteiger partial charge in [0.1, 0.15) is 0 Å². The van der Waals surface area contributed by atoms with E-state index in [1.54, 1.807) is 6.92 Å². The summed E-state index contributed by atoms with van der Waals surface area (Å²) in [5.41, 5.74) is -0.200. The first-order valence-electron chi connectivity index (χ1n) is 4.57. The third-order valence-corrected chi connectivity index (χ3v) is 1.32. The summed E-state index contributed by atoms with van der Waals surface area (Å²) in [4.78, 5) is 17.3. The van der Waals surface area contributed by atoms with Gasteiger partial charge in [-0.1, -0.05) is 0 Å². The van der Waals surface area contributed by atoms with E-state index in [4.69, 9.17) is 4.11 Å². The van der Waals surface area contributed by atoms with Crippen molar-refractivity contribution < 1.29 is 4.11 Å². The normalized spacial score (nSPS) is 14.5. The Bertz CT molecular complexity index is 572. The molecule has 2 aromatic rings. The second-order valence-electron chi connectivity index (χ2n) is 2.19. The van der Waals surface area contributed by atoms with Gasteiger partial charge in [-0.25, -0.2) is 4.98 Å². The van der Waals surface area contributed by atoms with Gasteiger partial charge in [-0.3, -0.25) is 4.79 Å². The van der Waals surface area contributed by atoms with Crippen LogP contribution >= 0.6 is 0 Å². The van der Waals surface area contributed by atoms with Crippen LogP contribution in [-0.4, -0.2) is 14.4 Å². The maximum atomic E-state index is 11.3. The molecule has 0 atom stereocenters. The van der Waals surface area contributed by atoms with Crippen LogP contribution in [0.5, 0.6) is 0 Å². The fourth-order valence-corrected chi connectivity index (χ4v) is 0.886. The van der Waals surface area contributed by atoms with Gasteiger partial charge in [0, 0.05) is 24.2 Å². The Morgan fingerprint density at radius 1 is 1.82 bits per heavy atom. The largest absolute Gasteiger partial charge is 0.322 e. The van der Waals surface area contributed by atoms with Gasteiger partial charge in [0.25, 0.3) is 5.56 Å². The molecule has 4 nitrogen and oxygen atoms in total. The molecule has 0 aromatic carbocycles. The zero-order valence-corrected chi connectivity index (χ0v) is 5.80. The zero-order chi connectivity index (χ0) is 10.5. The van der Waals surface area contributed by atoms with Crippen LogP contribution in [0.4, 0.5) is 0 Å². The molecule has 0 aliphatic heterocycles. The van der Waals surface area contributed by atoms with Crippen LogP contribution in [0.15, 0.2) is 23.3 Å². The Morgan fingerprint density at radius 3 is 3.45 bits per heavy atom. The lowest BCUT2D eigenvalue weighted by atomic mass is 10.5. The highest BCUT2D eigenvalue weighted by Crippen LogP contribution is 1.93. The Kier molecular flexibility index (Phi) is 0.657. The number of aryl methyl sites for hydroxylation is 1. The highest BCUT2D eigenvalue weighted by molar-refractivity contribution is 5.34. The quantitative estimate of drug-likeness (QED) is 0.591. The van der Waals surface area contributed by atoms with E-state index in [1.807, 2.05) is 0 Å². The molecule has 0 spiro atoms. The van der Waals surface area contributed by atoms with Gasteiger partial charge in [-0.05, 0) is 6.92 Å². The summed E-state index contributed by atoms with van der Waals surface area (Å²) in [7, 11) is 0. The summed E-state index contributed by atoms with van der Waals surface area (Å²) < 4.78 is 23.3. The van der Waals surface area contributed by atoms with Crippen molar-refractivity contribution in [2.45, 2.75) is 6.92 Å². The Balaban J connectivity index is 3.11. The molecule has 4 heteroatoms. The summed E-state index contributed by atoms with van der Waals surface area (Å²) in [5, 5.41) is 0. The predicted molar refractivity (Wildman–Crippen MR) is 40.5 cm³/mol. The Morgan fingerprint density at radius 2 is 2.64 bits per heavy atom. The van der Waals surface area contributed by atoms with E-state index in [0.29, 0.717) is 5.69 Å². The fraction of sp³-hybridized carbons (Fsp3) is 0.143. The molecule has 2 heterocycles. The molecule has 0 bridgehead atoms. The third kappa shape index (κ3) is 0.832. The number of aromatic amines is 1. The van der Waals surface area contributed by atoms with Crippen LogP contribution in [0.25, 0.3) is 5.65 Å². The van der Waals surface area contributed by atoms with Crippen molar-refractivity contribution in [1.29, 1.82) is 0 Å². The van der Waals surface area contributed by atoms with E-state index >= 15 is 0 Å². The summed E-state index contributed by atoms with van der Waals surface area (Å²) >= 11 is 0. The smallest absolute Gasteiger partial charge is 0.291 e. The first kappa shape index (κ1) is 3.71. The van der Waals surface area contributed by atoms with Crippen molar-refractivity contribution in [2.75, 3.05) is 0 Å². The van der Waals surface area contributed by atoms with E-state index < -0.39 is 5.56 Å². The van der Waals surface area contributed by atoms with Gasteiger partial charge in [-0.2, -0.15) is 0 Å². The van der Waals surface area contributed by atoms with Crippen LogP contribution in [0.1, 0.15) is 9.81 Å². The van der Waals surface area contributed by atoms with Gasteiger partial charge >= 0.3 is 0 Å². The second kappa shape index (κ2) is 1.95. The number of nitrogens with one attached hydrogen (secondary N) is 1. The number of imidazole rings is 1. The SMILES string of the molecule is [2H]c1nc2c(=O)[nH]c(C)c([2H])n2c1[2H]. The molecular weight excluding hydrogens is 142 g/mol. The lowest BCUT2D eigenvalue weighted by Gasteiger charge is -1.93. The summed E-state index contributed by atoms with van der Waals surface area (Å²) in [6.07, 6.45) is -0.551. The molecule has 0 aliphatic rings. The van der Waals surface area contributed by atoms with Crippen molar-refractivity contribution in [3.05, 3.63) is 34.6 Å². The van der Waals surface area contributed by atoms with Crippen molar-refractivity contribution in [1.82, 2.24) is 14.4 Å². The van der Waals surface area contributed by atoms with Crippen molar-refractivity contribution in [3.8, 4) is 0 Å². The van der Waals surface area contributed by atoms with E-state index in [1.165, 1.54) is 0 Å². The van der Waals surface area contributed by atoms with Gasteiger partial charge < -0.3 is 9.38 Å². The third-order valence-electron chi connectivity index (χ3n) is 1.32. The Hall–Kier alpha value is -1.58. The number of hydrogen-bond donors (Lipinski definition) is 1. The molecule has 0 saturated carbocycles. The molecule has 2 rings (SSSR count). The molecule has 0 amide bonds. The van der Waals surface area contributed by atoms with Crippen molar-refractivity contribution >= 4 is 5.65 Å². The number of aromatic nitrogens is 3. The van der Waals surface area contributed by atoms with Crippen LogP contribution in [0, 0.1) is 6.92 Å². The van der Waals surface area contributed by atoms with E-state index in [0.717, 1.165) is 4.40 Å². The number of rotatable bonds is 0. The lowest BCUT2D eigenvalue weighted by molar-refractivity contribution is 1.04. The molecule has 56 valence electrons. The average molecular weight is 152 g/mol. The predicted octanol–water partition coefficient (Wildman–Crippen LogP) is 0.331. The van der Waals surface area contributed by atoms with E-state index in [2.05, 4.69) is 9.97 Å². The molecule has 2 aromatic heterocycles. The van der Waals surface area contributed by atoms with Crippen LogP contribution < -0.4 is 5.56 Å². The highest BCUT2D eigenvalue weighted by atomic mass is 16.1. The minimum absolute atomic E-state index is 0.0180. The van der Waals surface area contributed by atoms with E-state index in [9.17, 15) is 4.79 Å². The topological polar surface area (TPSA) is 50.2 Å². The second-order valence-corrected chi connectivity index (χ2v) is 2.19. The maximum absolute atomic E-state index is 11.3. The lowest BCUT2D eigenvalue weighted by Crippen LogP contribution is -2.10. The molecule has 0 saturated heterocycles. The minimum atomic E-state index is -0.481. The van der Waals surface area contributed by atoms with Gasteiger partial charge in [-0.15, -0.1) is 0 Å². The number of H-pyrrole nitrogens is 1.